The molecule has 1 N–H and O–H groups in total. The summed E-state index contributed by atoms with van der Waals surface area (Å²) in [6.07, 6.45) is -0.599. The lowest BCUT2D eigenvalue weighted by Crippen LogP contribution is -2.19. The molecule has 1 atom stereocenters. The zero-order chi connectivity index (χ0) is 13.4. The van der Waals surface area contributed by atoms with Gasteiger partial charge in [0, 0.05) is 12.4 Å². The average molecular weight is 276 g/mol. The fourth-order valence-electron chi connectivity index (χ4n) is 1.06. The minimum Gasteiger partial charge on any atom is -0.468 e. The third-order valence-electron chi connectivity index (χ3n) is 1.92. The monoisotopic (exact) mass is 276 g/mol. The van der Waals surface area contributed by atoms with Crippen molar-refractivity contribution in [3.8, 4) is 0 Å². The number of aliphatic hydroxyl groups is 1. The molecule has 0 saturated heterocycles. The summed E-state index contributed by atoms with van der Waals surface area (Å²) < 4.78 is 10.9. The number of aliphatic hydroxyl groups excluding tert-OH is 1. The Bertz CT molecular complexity index is 373. The first-order valence-corrected chi connectivity index (χ1v) is 6.37. The van der Waals surface area contributed by atoms with E-state index in [1.807, 2.05) is 6.92 Å². The maximum atomic E-state index is 11.1. The van der Waals surface area contributed by atoms with E-state index in [4.69, 9.17) is 4.74 Å². The molecule has 0 radical (unpaired) electrons. The van der Waals surface area contributed by atoms with Crippen molar-refractivity contribution in [3.05, 3.63) is 0 Å². The topological polar surface area (TPSA) is 99.4 Å². The zero-order valence-electron chi connectivity index (χ0n) is 10.3. The Morgan fingerprint density at radius 2 is 2.39 bits per heavy atom. The van der Waals surface area contributed by atoms with E-state index in [1.165, 1.54) is 23.6 Å². The van der Waals surface area contributed by atoms with Gasteiger partial charge in [-0.1, -0.05) is 11.8 Å². The van der Waals surface area contributed by atoms with Crippen molar-refractivity contribution >= 4 is 17.7 Å². The Kier molecular flexibility index (Phi) is 6.61. The first kappa shape index (κ1) is 14.9. The molecule has 0 amide bonds. The van der Waals surface area contributed by atoms with Crippen LogP contribution < -0.4 is 0 Å². The third kappa shape index (κ3) is 4.98. The van der Waals surface area contributed by atoms with Gasteiger partial charge in [0.05, 0.1) is 19.8 Å². The Balaban J connectivity index is 2.42. The summed E-state index contributed by atoms with van der Waals surface area (Å²) >= 11 is 1.25. The highest BCUT2D eigenvalue weighted by molar-refractivity contribution is 7.99. The Morgan fingerprint density at radius 1 is 1.61 bits per heavy atom. The Morgan fingerprint density at radius 3 is 3.06 bits per heavy atom. The van der Waals surface area contributed by atoms with Crippen LogP contribution in [0.4, 0.5) is 0 Å². The molecule has 0 aliphatic carbocycles. The van der Waals surface area contributed by atoms with Gasteiger partial charge in [0.2, 0.25) is 5.16 Å². The molecule has 0 bridgehead atoms. The molecule has 9 heteroatoms. The summed E-state index contributed by atoms with van der Waals surface area (Å²) in [6, 6.07) is 0. The van der Waals surface area contributed by atoms with Crippen molar-refractivity contribution in [1.29, 1.82) is 0 Å². The Hall–Kier alpha value is -1.19. The van der Waals surface area contributed by atoms with Gasteiger partial charge in [-0.15, -0.1) is 5.10 Å². The second-order valence-corrected chi connectivity index (χ2v) is 4.31. The first-order chi connectivity index (χ1) is 8.67. The minimum absolute atomic E-state index is 0.0482. The highest BCUT2D eigenvalue weighted by atomic mass is 32.2. The number of carbonyl (C=O) groups is 1. The lowest BCUT2D eigenvalue weighted by atomic mass is 10.4. The van der Waals surface area contributed by atoms with Crippen LogP contribution >= 0.6 is 11.8 Å². The van der Waals surface area contributed by atoms with Crippen LogP contribution in [0.25, 0.3) is 0 Å². The summed E-state index contributed by atoms with van der Waals surface area (Å²) in [5.74, 6) is -0.0410. The Labute approximate surface area is 109 Å². The summed E-state index contributed by atoms with van der Waals surface area (Å²) in [6.45, 7) is 2.63. The van der Waals surface area contributed by atoms with Crippen LogP contribution in [0, 0.1) is 0 Å². The van der Waals surface area contributed by atoms with Gasteiger partial charge >= 0.3 is 5.97 Å². The number of rotatable bonds is 8. The second kappa shape index (κ2) is 8.01. The predicted molar refractivity (Wildman–Crippen MR) is 63.1 cm³/mol. The average Bonchev–Trinajstić information content (AvgIpc) is 2.81. The van der Waals surface area contributed by atoms with Gasteiger partial charge in [0.1, 0.15) is 6.54 Å². The molecule has 0 spiro atoms. The molecule has 0 aliphatic heterocycles. The van der Waals surface area contributed by atoms with Gasteiger partial charge in [-0.2, -0.15) is 0 Å². The van der Waals surface area contributed by atoms with Crippen LogP contribution in [0.5, 0.6) is 0 Å². The number of hydrogen-bond acceptors (Lipinski definition) is 8. The zero-order valence-corrected chi connectivity index (χ0v) is 11.1. The number of tetrazole rings is 1. The van der Waals surface area contributed by atoms with Gasteiger partial charge in [-0.05, 0) is 17.4 Å². The number of ether oxygens (including phenoxy) is 2. The van der Waals surface area contributed by atoms with Crippen molar-refractivity contribution in [2.45, 2.75) is 24.7 Å². The van der Waals surface area contributed by atoms with Crippen molar-refractivity contribution in [2.75, 3.05) is 26.1 Å². The van der Waals surface area contributed by atoms with Gasteiger partial charge in [-0.25, -0.2) is 4.68 Å². The maximum Gasteiger partial charge on any atom is 0.327 e. The molecule has 1 aromatic heterocycles. The highest BCUT2D eigenvalue weighted by Crippen LogP contribution is 2.14. The largest absolute Gasteiger partial charge is 0.468 e. The number of esters is 1. The SMILES string of the molecule is CCOCC(O)CSc1nnnn1CC(=O)OC. The fraction of sp³-hybridized carbons (Fsp3) is 0.778. The molecule has 0 fully saturated rings. The van der Waals surface area contributed by atoms with E-state index < -0.39 is 12.1 Å². The van der Waals surface area contributed by atoms with Crippen LogP contribution in [0.2, 0.25) is 0 Å². The molecular weight excluding hydrogens is 260 g/mol. The minimum atomic E-state index is -0.599. The van der Waals surface area contributed by atoms with E-state index in [0.717, 1.165) is 0 Å². The normalized spacial score (nSPS) is 12.4. The number of carbonyl (C=O) groups excluding carboxylic acids is 1. The van der Waals surface area contributed by atoms with Gasteiger partial charge in [0.15, 0.2) is 0 Å². The van der Waals surface area contributed by atoms with Gasteiger partial charge < -0.3 is 14.6 Å². The van der Waals surface area contributed by atoms with Crippen LogP contribution in [0.15, 0.2) is 5.16 Å². The first-order valence-electron chi connectivity index (χ1n) is 5.39. The van der Waals surface area contributed by atoms with Crippen molar-refractivity contribution in [1.82, 2.24) is 20.2 Å². The van der Waals surface area contributed by atoms with E-state index in [9.17, 15) is 9.90 Å². The molecule has 18 heavy (non-hydrogen) atoms. The lowest BCUT2D eigenvalue weighted by molar-refractivity contribution is -0.141. The molecule has 102 valence electrons. The highest BCUT2D eigenvalue weighted by Gasteiger charge is 2.13. The summed E-state index contributed by atoms with van der Waals surface area (Å²) in [7, 11) is 1.30. The molecule has 0 aliphatic rings. The van der Waals surface area contributed by atoms with Gasteiger partial charge in [-0.3, -0.25) is 4.79 Å². The second-order valence-electron chi connectivity index (χ2n) is 3.32. The van der Waals surface area contributed by atoms with E-state index in [1.54, 1.807) is 0 Å². The molecular formula is C9H16N4O4S. The quantitative estimate of drug-likeness (QED) is 0.493. The smallest absolute Gasteiger partial charge is 0.327 e. The molecule has 1 unspecified atom stereocenters. The lowest BCUT2D eigenvalue weighted by Gasteiger charge is -2.09. The predicted octanol–water partition coefficient (Wildman–Crippen LogP) is -0.664. The summed E-state index contributed by atoms with van der Waals surface area (Å²) in [5.41, 5.74) is 0. The van der Waals surface area contributed by atoms with Crippen molar-refractivity contribution in [2.24, 2.45) is 0 Å². The van der Waals surface area contributed by atoms with Crippen LogP contribution in [0.1, 0.15) is 6.92 Å². The molecule has 1 rings (SSSR count). The molecule has 1 aromatic rings. The third-order valence-corrected chi connectivity index (χ3v) is 3.03. The summed E-state index contributed by atoms with van der Waals surface area (Å²) in [5, 5.41) is 20.9. The number of nitrogens with zero attached hydrogens (tertiary/aromatic N) is 4. The van der Waals surface area contributed by atoms with E-state index in [2.05, 4.69) is 20.3 Å². The maximum absolute atomic E-state index is 11.1. The van der Waals surface area contributed by atoms with Crippen LogP contribution in [0.3, 0.4) is 0 Å². The summed E-state index contributed by atoms with van der Waals surface area (Å²) in [4.78, 5) is 11.1. The standard InChI is InChI=1S/C9H16N4O4S/c1-3-17-5-7(14)6-18-9-10-11-12-13(9)4-8(15)16-2/h7,14H,3-6H2,1-2H3. The number of aromatic nitrogens is 4. The molecule has 1 heterocycles. The molecule has 8 nitrogen and oxygen atoms in total. The van der Waals surface area contributed by atoms with Crippen LogP contribution in [-0.4, -0.2) is 63.5 Å². The van der Waals surface area contributed by atoms with E-state index >= 15 is 0 Å². The van der Waals surface area contributed by atoms with Crippen LogP contribution in [-0.2, 0) is 20.8 Å². The van der Waals surface area contributed by atoms with Crippen molar-refractivity contribution in [3.63, 3.8) is 0 Å². The number of hydrogen-bond donors (Lipinski definition) is 1. The molecule has 0 aromatic carbocycles. The fourth-order valence-corrected chi connectivity index (χ4v) is 1.84. The van der Waals surface area contributed by atoms with E-state index in [0.29, 0.717) is 17.5 Å². The van der Waals surface area contributed by atoms with Crippen molar-refractivity contribution < 1.29 is 19.4 Å². The number of thioether (sulfide) groups is 1. The van der Waals surface area contributed by atoms with Gasteiger partial charge in [0.25, 0.3) is 0 Å². The number of methoxy groups -OCH3 is 1. The van der Waals surface area contributed by atoms with E-state index in [-0.39, 0.29) is 13.2 Å². The molecule has 0 saturated carbocycles.